The molecule has 0 spiro atoms. The molecule has 0 atom stereocenters. The molecule has 0 saturated heterocycles. The maximum Gasteiger partial charge on any atom is 0.0884 e. The van der Waals surface area contributed by atoms with Crippen molar-refractivity contribution in [1.29, 1.82) is 0 Å². The van der Waals surface area contributed by atoms with Crippen LogP contribution >= 0.6 is 0 Å². The van der Waals surface area contributed by atoms with E-state index in [2.05, 4.69) is 16.7 Å². The van der Waals surface area contributed by atoms with Crippen LogP contribution in [0, 0.1) is 0 Å². The van der Waals surface area contributed by atoms with Crippen LogP contribution in [0.3, 0.4) is 0 Å². The van der Waals surface area contributed by atoms with Gasteiger partial charge in [0, 0.05) is 10.9 Å². The van der Waals surface area contributed by atoms with E-state index >= 15 is 0 Å². The first-order valence-corrected chi connectivity index (χ1v) is 4.84. The molecule has 0 amide bonds. The maximum absolute atomic E-state index is 4.33. The van der Waals surface area contributed by atoms with Gasteiger partial charge in [0.1, 0.15) is 0 Å². The van der Waals surface area contributed by atoms with E-state index < -0.39 is 0 Å². The number of nitrogens with zero attached hydrogens (tertiary/aromatic N) is 2. The molecule has 0 fully saturated rings. The molecule has 74 valence electrons. The maximum atomic E-state index is 4.33. The van der Waals surface area contributed by atoms with Gasteiger partial charge < -0.3 is 0 Å². The molecule has 0 aliphatic carbocycles. The fourth-order valence-electron chi connectivity index (χ4n) is 1.62. The number of aliphatic imine (C=N–C) groups is 1. The third-order valence-corrected chi connectivity index (χ3v) is 2.30. The monoisotopic (exact) mass is 196 g/mol. The first kappa shape index (κ1) is 9.59. The molecule has 0 aliphatic rings. The summed E-state index contributed by atoms with van der Waals surface area (Å²) in [7, 11) is 0. The zero-order valence-electron chi connectivity index (χ0n) is 8.64. The Morgan fingerprint density at radius 3 is 2.87 bits per heavy atom. The zero-order chi connectivity index (χ0) is 10.7. The number of para-hydroxylation sites is 1. The standard InChI is InChI=1S/C13H12N2/c1-3-6-10-11-7-4-5-8-12(11)15-9-13(10)14-2/h3-9H,2H2,1H3/b6-3-. The molecule has 0 aliphatic heterocycles. The number of hydrogen-bond acceptors (Lipinski definition) is 2. The van der Waals surface area contributed by atoms with E-state index in [1.54, 1.807) is 6.20 Å². The molecular formula is C13H12N2. The predicted molar refractivity (Wildman–Crippen MR) is 65.7 cm³/mol. The topological polar surface area (TPSA) is 25.2 Å². The fraction of sp³-hybridized carbons (Fsp3) is 0.0769. The number of allylic oxidation sites excluding steroid dienone is 1. The summed E-state index contributed by atoms with van der Waals surface area (Å²) in [6.07, 6.45) is 5.79. The van der Waals surface area contributed by atoms with Gasteiger partial charge >= 0.3 is 0 Å². The summed E-state index contributed by atoms with van der Waals surface area (Å²) in [5, 5.41) is 1.11. The van der Waals surface area contributed by atoms with Gasteiger partial charge in [0.05, 0.1) is 17.4 Å². The largest absolute Gasteiger partial charge is 0.262 e. The molecule has 1 heterocycles. The highest BCUT2D eigenvalue weighted by molar-refractivity contribution is 5.92. The van der Waals surface area contributed by atoms with Crippen molar-refractivity contribution < 1.29 is 0 Å². The molecule has 2 aromatic rings. The second-order valence-electron chi connectivity index (χ2n) is 3.23. The van der Waals surface area contributed by atoms with Crippen LogP contribution in [-0.2, 0) is 0 Å². The van der Waals surface area contributed by atoms with Gasteiger partial charge in [0.2, 0.25) is 0 Å². The van der Waals surface area contributed by atoms with Gasteiger partial charge in [-0.05, 0) is 19.7 Å². The van der Waals surface area contributed by atoms with Gasteiger partial charge in [0.25, 0.3) is 0 Å². The molecule has 0 N–H and O–H groups in total. The van der Waals surface area contributed by atoms with Crippen LogP contribution in [0.2, 0.25) is 0 Å². The highest BCUT2D eigenvalue weighted by atomic mass is 14.8. The summed E-state index contributed by atoms with van der Waals surface area (Å²) in [4.78, 5) is 8.30. The second-order valence-corrected chi connectivity index (χ2v) is 3.23. The predicted octanol–water partition coefficient (Wildman–Crippen LogP) is 3.60. The molecule has 1 aromatic heterocycles. The summed E-state index contributed by atoms with van der Waals surface area (Å²) >= 11 is 0. The molecule has 0 radical (unpaired) electrons. The smallest absolute Gasteiger partial charge is 0.0884 e. The van der Waals surface area contributed by atoms with Crippen LogP contribution in [0.15, 0.2) is 41.5 Å². The Morgan fingerprint density at radius 2 is 2.13 bits per heavy atom. The van der Waals surface area contributed by atoms with Crippen molar-refractivity contribution >= 4 is 29.4 Å². The Morgan fingerprint density at radius 1 is 1.33 bits per heavy atom. The molecule has 0 saturated carbocycles. The lowest BCUT2D eigenvalue weighted by Gasteiger charge is -2.04. The minimum absolute atomic E-state index is 0.826. The van der Waals surface area contributed by atoms with Crippen LogP contribution in [-0.4, -0.2) is 11.7 Å². The first-order valence-electron chi connectivity index (χ1n) is 4.84. The Labute approximate surface area is 89.0 Å². The van der Waals surface area contributed by atoms with Gasteiger partial charge in [-0.2, -0.15) is 0 Å². The van der Waals surface area contributed by atoms with Crippen molar-refractivity contribution in [1.82, 2.24) is 4.98 Å². The minimum atomic E-state index is 0.826. The highest BCUT2D eigenvalue weighted by Gasteiger charge is 2.03. The quantitative estimate of drug-likeness (QED) is 0.674. The van der Waals surface area contributed by atoms with E-state index in [0.717, 1.165) is 22.2 Å². The summed E-state index contributed by atoms with van der Waals surface area (Å²) in [6, 6.07) is 8.03. The Bertz CT molecular complexity index is 527. The third-order valence-electron chi connectivity index (χ3n) is 2.30. The lowest BCUT2D eigenvalue weighted by atomic mass is 10.1. The highest BCUT2D eigenvalue weighted by Crippen LogP contribution is 2.27. The number of aromatic nitrogens is 1. The Balaban J connectivity index is 2.84. The fourth-order valence-corrected chi connectivity index (χ4v) is 1.62. The second kappa shape index (κ2) is 4.05. The number of pyridine rings is 1. The van der Waals surface area contributed by atoms with Gasteiger partial charge in [-0.15, -0.1) is 0 Å². The van der Waals surface area contributed by atoms with Crippen molar-refractivity contribution in [3.05, 3.63) is 42.1 Å². The molecule has 2 rings (SSSR count). The molecule has 2 nitrogen and oxygen atoms in total. The summed E-state index contributed by atoms with van der Waals surface area (Å²) in [5.41, 5.74) is 2.89. The third kappa shape index (κ3) is 1.66. The normalized spacial score (nSPS) is 11.0. The van der Waals surface area contributed by atoms with Crippen LogP contribution in [0.25, 0.3) is 17.0 Å². The van der Waals surface area contributed by atoms with Gasteiger partial charge in [0.15, 0.2) is 0 Å². The van der Waals surface area contributed by atoms with Crippen molar-refractivity contribution in [2.24, 2.45) is 4.99 Å². The van der Waals surface area contributed by atoms with Crippen molar-refractivity contribution in [2.75, 3.05) is 0 Å². The summed E-state index contributed by atoms with van der Waals surface area (Å²) in [6.45, 7) is 5.54. The van der Waals surface area contributed by atoms with Crippen LogP contribution in [0.4, 0.5) is 5.69 Å². The minimum Gasteiger partial charge on any atom is -0.262 e. The van der Waals surface area contributed by atoms with Crippen molar-refractivity contribution in [2.45, 2.75) is 6.92 Å². The number of hydrogen-bond donors (Lipinski definition) is 0. The number of fused-ring (bicyclic) bond motifs is 1. The molecule has 2 heteroatoms. The summed E-state index contributed by atoms with van der Waals surface area (Å²) < 4.78 is 0. The molecule has 1 aromatic carbocycles. The van der Waals surface area contributed by atoms with Crippen LogP contribution in [0.5, 0.6) is 0 Å². The Kier molecular flexibility index (Phi) is 2.59. The van der Waals surface area contributed by atoms with Crippen LogP contribution in [0.1, 0.15) is 12.5 Å². The number of rotatable bonds is 2. The molecular weight excluding hydrogens is 184 g/mol. The lowest BCUT2D eigenvalue weighted by molar-refractivity contribution is 1.37. The van der Waals surface area contributed by atoms with Crippen molar-refractivity contribution in [3.8, 4) is 0 Å². The van der Waals surface area contributed by atoms with Gasteiger partial charge in [-0.3, -0.25) is 9.98 Å². The Hall–Kier alpha value is -1.96. The number of benzene rings is 1. The van der Waals surface area contributed by atoms with Gasteiger partial charge in [-0.25, -0.2) is 0 Å². The van der Waals surface area contributed by atoms with E-state index in [-0.39, 0.29) is 0 Å². The van der Waals surface area contributed by atoms with E-state index in [0.29, 0.717) is 0 Å². The van der Waals surface area contributed by atoms with E-state index in [4.69, 9.17) is 0 Å². The molecule has 15 heavy (non-hydrogen) atoms. The first-order chi connectivity index (χ1) is 7.36. The average Bonchev–Trinajstić information content (AvgIpc) is 2.30. The van der Waals surface area contributed by atoms with Crippen molar-refractivity contribution in [3.63, 3.8) is 0 Å². The lowest BCUT2D eigenvalue weighted by Crippen LogP contribution is -1.83. The van der Waals surface area contributed by atoms with E-state index in [9.17, 15) is 0 Å². The zero-order valence-corrected chi connectivity index (χ0v) is 8.64. The molecule has 0 bridgehead atoms. The van der Waals surface area contributed by atoms with E-state index in [1.165, 1.54) is 0 Å². The molecule has 0 unspecified atom stereocenters. The van der Waals surface area contributed by atoms with Crippen LogP contribution < -0.4 is 0 Å². The van der Waals surface area contributed by atoms with E-state index in [1.807, 2.05) is 43.3 Å². The van der Waals surface area contributed by atoms with Gasteiger partial charge in [-0.1, -0.05) is 30.4 Å². The average molecular weight is 196 g/mol. The SMILES string of the molecule is C=Nc1cnc2ccccc2c1/C=C\C. The summed E-state index contributed by atoms with van der Waals surface area (Å²) in [5.74, 6) is 0.